The third-order valence-electron chi connectivity index (χ3n) is 3.68. The highest BCUT2D eigenvalue weighted by atomic mass is 16.5. The van der Waals surface area contributed by atoms with Crippen LogP contribution in [0.1, 0.15) is 23.5 Å². The molecule has 96 valence electrons. The lowest BCUT2D eigenvalue weighted by atomic mass is 9.80. The topological polar surface area (TPSA) is 26.3 Å². The maximum atomic E-state index is 11.4. The number of hydrogen-bond donors (Lipinski definition) is 0. The van der Waals surface area contributed by atoms with Gasteiger partial charge in [-0.3, -0.25) is 4.79 Å². The molecule has 0 saturated carbocycles. The van der Waals surface area contributed by atoms with Gasteiger partial charge in [-0.2, -0.15) is 0 Å². The number of carbonyl (C=O) groups is 1. The Labute approximate surface area is 113 Å². The summed E-state index contributed by atoms with van der Waals surface area (Å²) in [6, 6.07) is 20.7. The maximum Gasteiger partial charge on any atom is 0.306 e. The van der Waals surface area contributed by atoms with Crippen molar-refractivity contribution in [1.29, 1.82) is 0 Å². The van der Waals surface area contributed by atoms with E-state index in [2.05, 4.69) is 24.3 Å². The Bertz CT molecular complexity index is 508. The van der Waals surface area contributed by atoms with E-state index in [-0.39, 0.29) is 17.8 Å². The van der Waals surface area contributed by atoms with E-state index in [1.165, 1.54) is 11.1 Å². The van der Waals surface area contributed by atoms with Gasteiger partial charge in [-0.05, 0) is 11.1 Å². The molecule has 1 aliphatic heterocycles. The first-order chi connectivity index (χ1) is 9.34. The number of esters is 1. The molecule has 0 aliphatic carbocycles. The zero-order valence-corrected chi connectivity index (χ0v) is 10.7. The largest absolute Gasteiger partial charge is 0.465 e. The van der Waals surface area contributed by atoms with Gasteiger partial charge in [0.25, 0.3) is 0 Å². The summed E-state index contributed by atoms with van der Waals surface area (Å²) in [6.45, 7) is 0.521. The van der Waals surface area contributed by atoms with Crippen LogP contribution in [0, 0.1) is 5.92 Å². The molecule has 1 atom stereocenters. The van der Waals surface area contributed by atoms with Crippen molar-refractivity contribution in [3.8, 4) is 0 Å². The van der Waals surface area contributed by atoms with Crippen molar-refractivity contribution in [3.05, 3.63) is 71.8 Å². The zero-order chi connectivity index (χ0) is 13.1. The first-order valence-electron chi connectivity index (χ1n) is 6.60. The van der Waals surface area contributed by atoms with Gasteiger partial charge < -0.3 is 4.74 Å². The molecule has 0 amide bonds. The molecule has 2 aromatic rings. The Hall–Kier alpha value is -2.09. The third-order valence-corrected chi connectivity index (χ3v) is 3.68. The maximum absolute atomic E-state index is 11.4. The molecule has 0 bridgehead atoms. The number of hydrogen-bond acceptors (Lipinski definition) is 2. The quantitative estimate of drug-likeness (QED) is 0.783. The Kier molecular flexibility index (Phi) is 3.32. The van der Waals surface area contributed by atoms with E-state index in [9.17, 15) is 4.79 Å². The van der Waals surface area contributed by atoms with Crippen LogP contribution in [0.3, 0.4) is 0 Å². The second kappa shape index (κ2) is 5.27. The molecule has 2 heteroatoms. The van der Waals surface area contributed by atoms with Gasteiger partial charge in [0.1, 0.15) is 0 Å². The number of carbonyl (C=O) groups excluding carboxylic acids is 1. The fourth-order valence-electron chi connectivity index (χ4n) is 2.80. The van der Waals surface area contributed by atoms with Gasteiger partial charge in [0.15, 0.2) is 0 Å². The van der Waals surface area contributed by atoms with Crippen LogP contribution >= 0.6 is 0 Å². The highest BCUT2D eigenvalue weighted by Gasteiger charge is 2.32. The minimum atomic E-state index is -0.0816. The molecule has 19 heavy (non-hydrogen) atoms. The van der Waals surface area contributed by atoms with Crippen LogP contribution < -0.4 is 0 Å². The van der Waals surface area contributed by atoms with Crippen LogP contribution in [-0.2, 0) is 9.53 Å². The van der Waals surface area contributed by atoms with Crippen molar-refractivity contribution in [2.45, 2.75) is 12.3 Å². The van der Waals surface area contributed by atoms with E-state index in [1.54, 1.807) is 0 Å². The second-order valence-electron chi connectivity index (χ2n) is 4.95. The van der Waals surface area contributed by atoms with E-state index >= 15 is 0 Å². The standard InChI is InChI=1S/C17H16O2/c18-16-11-15(12-19-16)17(13-7-3-1-4-8-13)14-9-5-2-6-10-14/h1-10,15,17H,11-12H2/t15-/m0/s1. The van der Waals surface area contributed by atoms with Gasteiger partial charge in [-0.15, -0.1) is 0 Å². The first kappa shape index (κ1) is 12.0. The van der Waals surface area contributed by atoms with Crippen molar-refractivity contribution in [2.24, 2.45) is 5.92 Å². The van der Waals surface area contributed by atoms with Crippen molar-refractivity contribution in [3.63, 3.8) is 0 Å². The van der Waals surface area contributed by atoms with Crippen LogP contribution in [0.25, 0.3) is 0 Å². The summed E-state index contributed by atoms with van der Waals surface area (Å²) >= 11 is 0. The van der Waals surface area contributed by atoms with Crippen LogP contribution in [0.5, 0.6) is 0 Å². The lowest BCUT2D eigenvalue weighted by Gasteiger charge is -2.22. The minimum Gasteiger partial charge on any atom is -0.465 e. The summed E-state index contributed by atoms with van der Waals surface area (Å²) in [6.07, 6.45) is 0.508. The van der Waals surface area contributed by atoms with Crippen LogP contribution in [0.2, 0.25) is 0 Å². The van der Waals surface area contributed by atoms with Gasteiger partial charge in [0.2, 0.25) is 0 Å². The molecular weight excluding hydrogens is 236 g/mol. The van der Waals surface area contributed by atoms with Crippen molar-refractivity contribution >= 4 is 5.97 Å². The van der Waals surface area contributed by atoms with Gasteiger partial charge in [0, 0.05) is 11.8 Å². The highest BCUT2D eigenvalue weighted by Crippen LogP contribution is 2.36. The summed E-state index contributed by atoms with van der Waals surface area (Å²) in [4.78, 5) is 11.4. The highest BCUT2D eigenvalue weighted by molar-refractivity contribution is 5.72. The predicted octanol–water partition coefficient (Wildman–Crippen LogP) is 3.38. The van der Waals surface area contributed by atoms with Crippen molar-refractivity contribution in [2.75, 3.05) is 6.61 Å². The predicted molar refractivity (Wildman–Crippen MR) is 73.8 cm³/mol. The zero-order valence-electron chi connectivity index (χ0n) is 10.7. The molecule has 1 aliphatic rings. The Balaban J connectivity index is 1.99. The number of cyclic esters (lactones) is 1. The van der Waals surface area contributed by atoms with Crippen LogP contribution in [-0.4, -0.2) is 12.6 Å². The Morgan fingerprint density at radius 2 is 1.42 bits per heavy atom. The molecular formula is C17H16O2. The lowest BCUT2D eigenvalue weighted by molar-refractivity contribution is -0.137. The Morgan fingerprint density at radius 1 is 0.895 bits per heavy atom. The normalized spacial score (nSPS) is 18.6. The summed E-state index contributed by atoms with van der Waals surface area (Å²) in [5, 5.41) is 0. The average Bonchev–Trinajstić information content (AvgIpc) is 2.88. The monoisotopic (exact) mass is 252 g/mol. The number of benzene rings is 2. The van der Waals surface area contributed by atoms with Gasteiger partial charge >= 0.3 is 5.97 Å². The van der Waals surface area contributed by atoms with Gasteiger partial charge in [-0.25, -0.2) is 0 Å². The summed E-state index contributed by atoms with van der Waals surface area (Å²) in [7, 11) is 0. The fourth-order valence-corrected chi connectivity index (χ4v) is 2.80. The number of ether oxygens (including phenoxy) is 1. The second-order valence-corrected chi connectivity index (χ2v) is 4.95. The molecule has 3 rings (SSSR count). The molecule has 1 heterocycles. The van der Waals surface area contributed by atoms with E-state index < -0.39 is 0 Å². The smallest absolute Gasteiger partial charge is 0.306 e. The molecule has 0 spiro atoms. The van der Waals surface area contributed by atoms with Crippen LogP contribution in [0.15, 0.2) is 60.7 Å². The van der Waals surface area contributed by atoms with E-state index in [0.717, 1.165) is 0 Å². The Morgan fingerprint density at radius 3 is 1.84 bits per heavy atom. The average molecular weight is 252 g/mol. The molecule has 0 unspecified atom stereocenters. The molecule has 0 radical (unpaired) electrons. The fraction of sp³-hybridized carbons (Fsp3) is 0.235. The van der Waals surface area contributed by atoms with E-state index in [1.807, 2.05) is 36.4 Å². The summed E-state index contributed by atoms with van der Waals surface area (Å²) in [5.74, 6) is 0.382. The molecule has 1 fully saturated rings. The van der Waals surface area contributed by atoms with Crippen molar-refractivity contribution in [1.82, 2.24) is 0 Å². The molecule has 2 nitrogen and oxygen atoms in total. The van der Waals surface area contributed by atoms with E-state index in [0.29, 0.717) is 13.0 Å². The minimum absolute atomic E-state index is 0.0816. The van der Waals surface area contributed by atoms with Crippen LogP contribution in [0.4, 0.5) is 0 Å². The summed E-state index contributed by atoms with van der Waals surface area (Å²) < 4.78 is 5.15. The molecule has 2 aromatic carbocycles. The lowest BCUT2D eigenvalue weighted by Crippen LogP contribution is -2.14. The van der Waals surface area contributed by atoms with Crippen molar-refractivity contribution < 1.29 is 9.53 Å². The third kappa shape index (κ3) is 2.53. The van der Waals surface area contributed by atoms with Gasteiger partial charge in [0.05, 0.1) is 13.0 Å². The molecule has 0 aromatic heterocycles. The first-order valence-corrected chi connectivity index (χ1v) is 6.60. The number of rotatable bonds is 3. The van der Waals surface area contributed by atoms with Gasteiger partial charge in [-0.1, -0.05) is 60.7 Å². The van der Waals surface area contributed by atoms with E-state index in [4.69, 9.17) is 4.74 Å². The summed E-state index contributed by atoms with van der Waals surface area (Å²) in [5.41, 5.74) is 2.49. The molecule has 0 N–H and O–H groups in total. The SMILES string of the molecule is O=C1C[C@H](C(c2ccccc2)c2ccccc2)CO1. The molecule has 1 saturated heterocycles.